The van der Waals surface area contributed by atoms with E-state index in [1.54, 1.807) is 0 Å². The fourth-order valence-corrected chi connectivity index (χ4v) is 0.871. The molecule has 50 valence electrons. The van der Waals surface area contributed by atoms with Gasteiger partial charge in [0.05, 0.1) is 0 Å². The van der Waals surface area contributed by atoms with Crippen molar-refractivity contribution < 1.29 is 0 Å². The Hall–Kier alpha value is -0.780. The van der Waals surface area contributed by atoms with Crippen LogP contribution in [0, 0.1) is 0 Å². The minimum atomic E-state index is 1.07. The molecular weight excluding hydrogens is 188 g/mol. The second kappa shape index (κ2) is 4.10. The maximum absolute atomic E-state index is 3.37. The average Bonchev–Trinajstić information content (AvgIpc) is 2.02. The number of rotatable bonds is 0. The van der Waals surface area contributed by atoms with E-state index in [2.05, 4.69) is 21.7 Å². The second-order valence-electron chi connectivity index (χ2n) is 1.80. The molecule has 0 N–H and O–H groups in total. The Kier molecular flexibility index (Phi) is 3.01. The quantitative estimate of drug-likeness (QED) is 0.521. The van der Waals surface area contributed by atoms with Gasteiger partial charge >= 0.3 is 0 Å². The molecule has 1 aliphatic rings. The maximum atomic E-state index is 3.37. The summed E-state index contributed by atoms with van der Waals surface area (Å²) in [5.41, 5.74) is 2.97. The first-order valence-electron chi connectivity index (χ1n) is 3.01. The van der Waals surface area contributed by atoms with E-state index in [-0.39, 0.29) is 0 Å². The lowest BCUT2D eigenvalue weighted by Crippen LogP contribution is -1.57. The van der Waals surface area contributed by atoms with Gasteiger partial charge in [-0.3, -0.25) is 0 Å². The van der Waals surface area contributed by atoms with Crippen LogP contribution in [0.15, 0.2) is 52.7 Å². The molecular formula is C9H7Br. The van der Waals surface area contributed by atoms with Gasteiger partial charge in [-0.15, -0.1) is 5.73 Å². The first-order valence-corrected chi connectivity index (χ1v) is 3.80. The van der Waals surface area contributed by atoms with Gasteiger partial charge in [-0.2, -0.15) is 0 Å². The predicted molar refractivity (Wildman–Crippen MR) is 47.9 cm³/mol. The lowest BCUT2D eigenvalue weighted by molar-refractivity contribution is 1.87. The molecule has 0 bridgehead atoms. The molecule has 0 heterocycles. The predicted octanol–water partition coefficient (Wildman–Crippen LogP) is 3.10. The lowest BCUT2D eigenvalue weighted by Gasteiger charge is -1.80. The molecule has 0 radical (unpaired) electrons. The Bertz CT molecular complexity index is 248. The second-order valence-corrected chi connectivity index (χ2v) is 2.71. The fourth-order valence-electron chi connectivity index (χ4n) is 0.565. The van der Waals surface area contributed by atoms with Crippen LogP contribution in [0.1, 0.15) is 0 Å². The van der Waals surface area contributed by atoms with E-state index in [0.29, 0.717) is 0 Å². The topological polar surface area (TPSA) is 0 Å². The molecule has 0 saturated carbocycles. The van der Waals surface area contributed by atoms with Gasteiger partial charge in [0.1, 0.15) is 0 Å². The minimum absolute atomic E-state index is 1.07. The standard InChI is InChI=1S/C9H7Br/c10-9-7-5-3-1-2-4-6-8-9/h1,3-8H/b5-3-,8-6-,9-7+. The number of hydrogen-bond acceptors (Lipinski definition) is 0. The average molecular weight is 195 g/mol. The van der Waals surface area contributed by atoms with Crippen molar-refractivity contribution in [3.05, 3.63) is 52.7 Å². The largest absolute Gasteiger partial charge is 0.121 e. The summed E-state index contributed by atoms with van der Waals surface area (Å²) in [4.78, 5) is 0. The third-order valence-corrected chi connectivity index (χ3v) is 1.54. The summed E-state index contributed by atoms with van der Waals surface area (Å²) < 4.78 is 1.07. The molecule has 0 amide bonds. The summed E-state index contributed by atoms with van der Waals surface area (Å²) in [5.74, 6) is 0. The summed E-state index contributed by atoms with van der Waals surface area (Å²) in [5, 5.41) is 0. The van der Waals surface area contributed by atoms with Gasteiger partial charge in [-0.05, 0) is 24.3 Å². The van der Waals surface area contributed by atoms with Crippen LogP contribution in [0.4, 0.5) is 0 Å². The summed E-state index contributed by atoms with van der Waals surface area (Å²) in [6.07, 6.45) is 13.5. The third-order valence-electron chi connectivity index (χ3n) is 1.01. The maximum Gasteiger partial charge on any atom is 0.0175 e. The van der Waals surface area contributed by atoms with Crippen LogP contribution >= 0.6 is 15.9 Å². The van der Waals surface area contributed by atoms with Crippen LogP contribution in [0.5, 0.6) is 0 Å². The van der Waals surface area contributed by atoms with E-state index in [1.165, 1.54) is 0 Å². The van der Waals surface area contributed by atoms with Gasteiger partial charge in [-0.1, -0.05) is 34.2 Å². The van der Waals surface area contributed by atoms with Gasteiger partial charge in [0.2, 0.25) is 0 Å². The third kappa shape index (κ3) is 2.67. The zero-order valence-electron chi connectivity index (χ0n) is 5.42. The van der Waals surface area contributed by atoms with Crippen LogP contribution in [0.2, 0.25) is 0 Å². The Morgan fingerprint density at radius 3 is 2.80 bits per heavy atom. The molecule has 0 aromatic rings. The van der Waals surface area contributed by atoms with Gasteiger partial charge in [-0.25, -0.2) is 0 Å². The molecule has 0 nitrogen and oxygen atoms in total. The van der Waals surface area contributed by atoms with Gasteiger partial charge < -0.3 is 0 Å². The van der Waals surface area contributed by atoms with E-state index in [9.17, 15) is 0 Å². The van der Waals surface area contributed by atoms with Crippen LogP contribution in [-0.4, -0.2) is 0 Å². The van der Waals surface area contributed by atoms with Crippen molar-refractivity contribution in [1.29, 1.82) is 0 Å². The van der Waals surface area contributed by atoms with Crippen molar-refractivity contribution in [2.45, 2.75) is 0 Å². The van der Waals surface area contributed by atoms with Crippen molar-refractivity contribution >= 4 is 15.9 Å². The van der Waals surface area contributed by atoms with Gasteiger partial charge in [0.25, 0.3) is 0 Å². The summed E-state index contributed by atoms with van der Waals surface area (Å²) in [6, 6.07) is 0. The summed E-state index contributed by atoms with van der Waals surface area (Å²) in [6.45, 7) is 0. The van der Waals surface area contributed by atoms with Crippen molar-refractivity contribution in [2.24, 2.45) is 0 Å². The van der Waals surface area contributed by atoms with E-state index < -0.39 is 0 Å². The highest BCUT2D eigenvalue weighted by atomic mass is 79.9. The monoisotopic (exact) mass is 194 g/mol. The van der Waals surface area contributed by atoms with Crippen molar-refractivity contribution in [3.63, 3.8) is 0 Å². The SMILES string of the molecule is BrC1=C/C=C\C=C=C/C=C\1. The number of hydrogen-bond donors (Lipinski definition) is 0. The van der Waals surface area contributed by atoms with E-state index in [1.807, 2.05) is 42.5 Å². The van der Waals surface area contributed by atoms with E-state index in [0.717, 1.165) is 4.48 Å². The minimum Gasteiger partial charge on any atom is -0.121 e. The first-order chi connectivity index (χ1) is 4.89. The number of allylic oxidation sites excluding steroid dienone is 7. The molecule has 0 unspecified atom stereocenters. The normalized spacial score (nSPS) is 27.5. The van der Waals surface area contributed by atoms with Crippen LogP contribution in [-0.2, 0) is 0 Å². The summed E-state index contributed by atoms with van der Waals surface area (Å²) in [7, 11) is 0. The first kappa shape index (κ1) is 7.33. The molecule has 1 aliphatic carbocycles. The Labute approximate surface area is 69.1 Å². The molecule has 1 rings (SSSR count). The van der Waals surface area contributed by atoms with Gasteiger partial charge in [0, 0.05) is 4.48 Å². The Balaban J connectivity index is 2.89. The smallest absolute Gasteiger partial charge is 0.0175 e. The molecule has 0 aliphatic heterocycles. The van der Waals surface area contributed by atoms with E-state index in [4.69, 9.17) is 0 Å². The zero-order valence-corrected chi connectivity index (χ0v) is 7.01. The van der Waals surface area contributed by atoms with Crippen molar-refractivity contribution in [1.82, 2.24) is 0 Å². The van der Waals surface area contributed by atoms with Crippen LogP contribution < -0.4 is 0 Å². The molecule has 0 atom stereocenters. The molecule has 10 heavy (non-hydrogen) atoms. The zero-order chi connectivity index (χ0) is 7.23. The van der Waals surface area contributed by atoms with Crippen LogP contribution in [0.3, 0.4) is 0 Å². The summed E-state index contributed by atoms with van der Waals surface area (Å²) >= 11 is 3.37. The highest BCUT2D eigenvalue weighted by Crippen LogP contribution is 2.06. The highest BCUT2D eigenvalue weighted by Gasteiger charge is 1.78. The fraction of sp³-hybridized carbons (Fsp3) is 0. The Morgan fingerprint density at radius 1 is 1.10 bits per heavy atom. The number of halogens is 1. The van der Waals surface area contributed by atoms with Crippen molar-refractivity contribution in [3.8, 4) is 0 Å². The highest BCUT2D eigenvalue weighted by molar-refractivity contribution is 9.11. The molecule has 0 aromatic heterocycles. The molecule has 1 heteroatoms. The van der Waals surface area contributed by atoms with Crippen LogP contribution in [0.25, 0.3) is 0 Å². The Morgan fingerprint density at radius 2 is 1.90 bits per heavy atom. The lowest BCUT2D eigenvalue weighted by atomic mass is 10.4. The van der Waals surface area contributed by atoms with Crippen molar-refractivity contribution in [2.75, 3.05) is 0 Å². The van der Waals surface area contributed by atoms with E-state index >= 15 is 0 Å². The van der Waals surface area contributed by atoms with Gasteiger partial charge in [0.15, 0.2) is 0 Å². The molecule has 0 fully saturated rings. The molecule has 0 spiro atoms. The molecule has 0 saturated heterocycles. The molecule has 0 aromatic carbocycles.